The molecule has 8 heteroatoms. The normalized spacial score (nSPS) is 11.0. The topological polar surface area (TPSA) is 109 Å². The van der Waals surface area contributed by atoms with E-state index in [0.717, 1.165) is 0 Å². The van der Waals surface area contributed by atoms with Gasteiger partial charge in [-0.3, -0.25) is 19.7 Å². The van der Waals surface area contributed by atoms with Crippen molar-refractivity contribution in [3.8, 4) is 0 Å². The molecule has 0 aliphatic heterocycles. The van der Waals surface area contributed by atoms with Crippen LogP contribution >= 0.6 is 0 Å². The maximum Gasteiger partial charge on any atom is 0.269 e. The van der Waals surface area contributed by atoms with Gasteiger partial charge in [0.15, 0.2) is 0 Å². The van der Waals surface area contributed by atoms with Gasteiger partial charge in [-0.25, -0.2) is 4.98 Å². The minimum atomic E-state index is -0.477. The van der Waals surface area contributed by atoms with Crippen molar-refractivity contribution in [2.45, 2.75) is 13.5 Å². The van der Waals surface area contributed by atoms with E-state index in [9.17, 15) is 19.7 Å². The number of non-ortho nitro benzene ring substituents is 1. The third-order valence-corrected chi connectivity index (χ3v) is 4.22. The number of aromatic nitrogens is 2. The van der Waals surface area contributed by atoms with Crippen molar-refractivity contribution in [1.82, 2.24) is 14.9 Å². The van der Waals surface area contributed by atoms with Crippen LogP contribution in [0.3, 0.4) is 0 Å². The number of carbonyl (C=O) groups excluding carboxylic acids is 1. The minimum Gasteiger partial charge on any atom is -0.332 e. The van der Waals surface area contributed by atoms with Gasteiger partial charge in [0.2, 0.25) is 5.91 Å². The van der Waals surface area contributed by atoms with E-state index in [4.69, 9.17) is 0 Å². The summed E-state index contributed by atoms with van der Waals surface area (Å²) in [4.78, 5) is 43.5. The predicted molar refractivity (Wildman–Crippen MR) is 106 cm³/mol. The fraction of sp³-hybridized carbons (Fsp3) is 0.150. The first-order valence-corrected chi connectivity index (χ1v) is 8.67. The van der Waals surface area contributed by atoms with Crippen LogP contribution in [0.2, 0.25) is 0 Å². The first-order valence-electron chi connectivity index (χ1n) is 8.67. The van der Waals surface area contributed by atoms with E-state index >= 15 is 0 Å². The number of benzene rings is 2. The molecule has 0 atom stereocenters. The van der Waals surface area contributed by atoms with Crippen LogP contribution in [0.15, 0.2) is 59.4 Å². The molecule has 3 rings (SSSR count). The minimum absolute atomic E-state index is 0.00926. The smallest absolute Gasteiger partial charge is 0.269 e. The zero-order chi connectivity index (χ0) is 20.1. The monoisotopic (exact) mass is 378 g/mol. The molecule has 0 bridgehead atoms. The van der Waals surface area contributed by atoms with E-state index in [0.29, 0.717) is 28.8 Å². The number of hydrogen-bond acceptors (Lipinski definition) is 5. The maximum absolute atomic E-state index is 12.5. The largest absolute Gasteiger partial charge is 0.332 e. The van der Waals surface area contributed by atoms with Crippen molar-refractivity contribution in [1.29, 1.82) is 0 Å². The van der Waals surface area contributed by atoms with Crippen LogP contribution in [0.25, 0.3) is 17.0 Å². The lowest BCUT2D eigenvalue weighted by Gasteiger charge is -2.18. The van der Waals surface area contributed by atoms with Crippen LogP contribution in [0.4, 0.5) is 5.69 Å². The van der Waals surface area contributed by atoms with Crippen molar-refractivity contribution >= 4 is 28.6 Å². The summed E-state index contributed by atoms with van der Waals surface area (Å²) in [6.07, 6.45) is 2.98. The molecule has 1 aromatic heterocycles. The number of para-hydroxylation sites is 1. The Labute approximate surface area is 160 Å². The van der Waals surface area contributed by atoms with Crippen LogP contribution in [0.1, 0.15) is 18.3 Å². The highest BCUT2D eigenvalue weighted by molar-refractivity contribution is 5.91. The predicted octanol–water partition coefficient (Wildman–Crippen LogP) is 2.89. The molecule has 0 radical (unpaired) electrons. The molecule has 1 N–H and O–H groups in total. The summed E-state index contributed by atoms with van der Waals surface area (Å²) in [5.41, 5.74) is 0.994. The molecule has 0 unspecified atom stereocenters. The number of nitro benzene ring substituents is 1. The molecule has 142 valence electrons. The Hall–Kier alpha value is -3.81. The van der Waals surface area contributed by atoms with Crippen molar-refractivity contribution < 1.29 is 9.72 Å². The molecule has 0 saturated carbocycles. The number of likely N-dealkylation sites (N-methyl/N-ethyl adjacent to an activating group) is 1. The molecule has 0 fully saturated rings. The van der Waals surface area contributed by atoms with E-state index in [2.05, 4.69) is 9.97 Å². The number of nitrogens with zero attached hydrogens (tertiary/aromatic N) is 3. The van der Waals surface area contributed by atoms with Crippen molar-refractivity contribution in [2.75, 3.05) is 6.54 Å². The quantitative estimate of drug-likeness (QED) is 0.403. The second-order valence-corrected chi connectivity index (χ2v) is 6.06. The number of hydrogen-bond donors (Lipinski definition) is 1. The second kappa shape index (κ2) is 8.26. The second-order valence-electron chi connectivity index (χ2n) is 6.06. The molecular formula is C20H18N4O4. The Morgan fingerprint density at radius 3 is 2.61 bits per heavy atom. The summed E-state index contributed by atoms with van der Waals surface area (Å²) >= 11 is 0. The molecule has 3 aromatic rings. The van der Waals surface area contributed by atoms with Crippen molar-refractivity contribution in [2.24, 2.45) is 0 Å². The Bertz CT molecular complexity index is 1100. The third-order valence-electron chi connectivity index (χ3n) is 4.22. The lowest BCUT2D eigenvalue weighted by Crippen LogP contribution is -2.30. The fourth-order valence-electron chi connectivity index (χ4n) is 2.72. The van der Waals surface area contributed by atoms with Crippen molar-refractivity contribution in [3.63, 3.8) is 0 Å². The summed E-state index contributed by atoms with van der Waals surface area (Å²) in [7, 11) is 0. The Morgan fingerprint density at radius 2 is 1.93 bits per heavy atom. The van der Waals surface area contributed by atoms with Crippen molar-refractivity contribution in [3.05, 3.63) is 86.5 Å². The van der Waals surface area contributed by atoms with Crippen LogP contribution in [0, 0.1) is 10.1 Å². The van der Waals surface area contributed by atoms with Crippen LogP contribution < -0.4 is 5.56 Å². The maximum atomic E-state index is 12.5. The molecule has 1 amide bonds. The van der Waals surface area contributed by atoms with Gasteiger partial charge in [0, 0.05) is 24.8 Å². The summed E-state index contributed by atoms with van der Waals surface area (Å²) < 4.78 is 0. The Kier molecular flexibility index (Phi) is 5.59. The zero-order valence-electron chi connectivity index (χ0n) is 15.2. The standard InChI is InChI=1S/C20H18N4O4/c1-2-23(13-18-21-17-6-4-3-5-16(17)20(26)22-18)19(25)12-9-14-7-10-15(11-8-14)24(27)28/h3-12H,2,13H2,1H3,(H,21,22,26)/b12-9+. The van der Waals surface area contributed by atoms with E-state index in [1.165, 1.54) is 23.1 Å². The molecule has 0 spiro atoms. The molecule has 0 aliphatic carbocycles. The molecule has 8 nitrogen and oxygen atoms in total. The molecule has 0 aliphatic rings. The fourth-order valence-corrected chi connectivity index (χ4v) is 2.72. The van der Waals surface area contributed by atoms with Gasteiger partial charge in [-0.05, 0) is 42.8 Å². The van der Waals surface area contributed by atoms with Gasteiger partial charge < -0.3 is 9.88 Å². The van der Waals surface area contributed by atoms with Gasteiger partial charge in [0.05, 0.1) is 22.4 Å². The lowest BCUT2D eigenvalue weighted by molar-refractivity contribution is -0.384. The van der Waals surface area contributed by atoms with E-state index in [-0.39, 0.29) is 23.7 Å². The Morgan fingerprint density at radius 1 is 1.21 bits per heavy atom. The average Bonchev–Trinajstić information content (AvgIpc) is 2.70. The number of nitrogens with one attached hydrogen (secondary N) is 1. The first-order chi connectivity index (χ1) is 13.5. The van der Waals surface area contributed by atoms with Gasteiger partial charge in [-0.1, -0.05) is 12.1 Å². The molecular weight excluding hydrogens is 360 g/mol. The number of fused-ring (bicyclic) bond motifs is 1. The van der Waals surface area contributed by atoms with Gasteiger partial charge in [0.1, 0.15) is 5.82 Å². The van der Waals surface area contributed by atoms with Crippen LogP contribution in [-0.4, -0.2) is 32.2 Å². The molecule has 2 aromatic carbocycles. The number of amides is 1. The number of nitro groups is 1. The third kappa shape index (κ3) is 4.29. The van der Waals surface area contributed by atoms with E-state index in [1.807, 2.05) is 6.92 Å². The summed E-state index contributed by atoms with van der Waals surface area (Å²) in [5, 5.41) is 11.2. The number of carbonyl (C=O) groups is 1. The van der Waals surface area contributed by atoms with Gasteiger partial charge in [-0.2, -0.15) is 0 Å². The Balaban J connectivity index is 1.75. The van der Waals surface area contributed by atoms with Crippen LogP contribution in [-0.2, 0) is 11.3 Å². The zero-order valence-corrected chi connectivity index (χ0v) is 15.2. The highest BCUT2D eigenvalue weighted by atomic mass is 16.6. The SMILES string of the molecule is CCN(Cc1nc2ccccc2c(=O)[nH]1)C(=O)/C=C/c1ccc([N+](=O)[O-])cc1. The molecule has 1 heterocycles. The molecule has 28 heavy (non-hydrogen) atoms. The first kappa shape index (κ1) is 19.0. The van der Waals surface area contributed by atoms with E-state index < -0.39 is 4.92 Å². The van der Waals surface area contributed by atoms with Gasteiger partial charge >= 0.3 is 0 Å². The number of aromatic amines is 1. The highest BCUT2D eigenvalue weighted by Crippen LogP contribution is 2.13. The highest BCUT2D eigenvalue weighted by Gasteiger charge is 2.12. The lowest BCUT2D eigenvalue weighted by atomic mass is 10.2. The van der Waals surface area contributed by atoms with E-state index in [1.54, 1.807) is 42.5 Å². The van der Waals surface area contributed by atoms with Gasteiger partial charge in [-0.15, -0.1) is 0 Å². The average molecular weight is 378 g/mol. The molecule has 0 saturated heterocycles. The summed E-state index contributed by atoms with van der Waals surface area (Å²) in [5.74, 6) is 0.152. The summed E-state index contributed by atoms with van der Waals surface area (Å²) in [6.45, 7) is 2.43. The van der Waals surface area contributed by atoms with Crippen LogP contribution in [0.5, 0.6) is 0 Å². The summed E-state index contributed by atoms with van der Waals surface area (Å²) in [6, 6.07) is 12.9. The number of rotatable bonds is 6. The number of H-pyrrole nitrogens is 1. The van der Waals surface area contributed by atoms with Gasteiger partial charge in [0.25, 0.3) is 11.2 Å².